The van der Waals surface area contributed by atoms with E-state index in [1.54, 1.807) is 14.2 Å². The van der Waals surface area contributed by atoms with Crippen LogP contribution in [0.15, 0.2) is 0 Å². The van der Waals surface area contributed by atoms with Gasteiger partial charge in [-0.2, -0.15) is 0 Å². The quantitative estimate of drug-likeness (QED) is 0.524. The number of nitrogens with two attached hydrogens (primary N) is 1. The molecule has 0 aromatic rings. The predicted octanol–water partition coefficient (Wildman–Crippen LogP) is -0.528. The first kappa shape index (κ1) is 16.3. The highest BCUT2D eigenvalue weighted by molar-refractivity contribution is 5.75. The standard InChI is InChI=1S/C11H24N2O4/c1-15-8-6-13(7-9-16-2)5-4-10(12)11(14)17-3/h10H,4-9,12H2,1-3H3. The molecule has 0 rings (SSSR count). The fourth-order valence-corrected chi connectivity index (χ4v) is 1.37. The summed E-state index contributed by atoms with van der Waals surface area (Å²) in [5.41, 5.74) is 5.67. The topological polar surface area (TPSA) is 74.0 Å². The second-order valence-corrected chi connectivity index (χ2v) is 3.75. The Morgan fingerprint density at radius 3 is 2.06 bits per heavy atom. The molecule has 0 radical (unpaired) electrons. The van der Waals surface area contributed by atoms with Gasteiger partial charge in [-0.1, -0.05) is 0 Å². The van der Waals surface area contributed by atoms with E-state index in [1.165, 1.54) is 7.11 Å². The van der Waals surface area contributed by atoms with Crippen LogP contribution in [0, 0.1) is 0 Å². The molecule has 0 aromatic carbocycles. The summed E-state index contributed by atoms with van der Waals surface area (Å²) in [6, 6.07) is -0.562. The van der Waals surface area contributed by atoms with Crippen molar-refractivity contribution in [3.63, 3.8) is 0 Å². The molecule has 0 aliphatic heterocycles. The van der Waals surface area contributed by atoms with Gasteiger partial charge in [0.05, 0.1) is 20.3 Å². The zero-order valence-electron chi connectivity index (χ0n) is 11.0. The second kappa shape index (κ2) is 10.5. The van der Waals surface area contributed by atoms with Gasteiger partial charge in [-0.05, 0) is 6.42 Å². The van der Waals surface area contributed by atoms with Crippen molar-refractivity contribution in [2.45, 2.75) is 12.5 Å². The summed E-state index contributed by atoms with van der Waals surface area (Å²) < 4.78 is 14.6. The van der Waals surface area contributed by atoms with E-state index in [-0.39, 0.29) is 5.97 Å². The van der Waals surface area contributed by atoms with E-state index < -0.39 is 6.04 Å². The molecule has 0 fully saturated rings. The first-order valence-corrected chi connectivity index (χ1v) is 5.69. The van der Waals surface area contributed by atoms with E-state index >= 15 is 0 Å². The van der Waals surface area contributed by atoms with Crippen LogP contribution in [-0.2, 0) is 19.0 Å². The Labute approximate surface area is 103 Å². The van der Waals surface area contributed by atoms with Crippen molar-refractivity contribution < 1.29 is 19.0 Å². The summed E-state index contributed by atoms with van der Waals surface area (Å²) in [6.07, 6.45) is 0.570. The summed E-state index contributed by atoms with van der Waals surface area (Å²) >= 11 is 0. The first-order valence-electron chi connectivity index (χ1n) is 5.69. The maximum absolute atomic E-state index is 11.1. The average Bonchev–Trinajstić information content (AvgIpc) is 2.36. The van der Waals surface area contributed by atoms with E-state index in [1.807, 2.05) is 0 Å². The Balaban J connectivity index is 3.91. The number of ether oxygens (including phenoxy) is 3. The Kier molecular flexibility index (Phi) is 10.0. The maximum Gasteiger partial charge on any atom is 0.322 e. The molecule has 0 spiro atoms. The van der Waals surface area contributed by atoms with Gasteiger partial charge in [0.15, 0.2) is 0 Å². The number of rotatable bonds is 10. The molecule has 102 valence electrons. The molecule has 0 aliphatic rings. The smallest absolute Gasteiger partial charge is 0.322 e. The monoisotopic (exact) mass is 248 g/mol. The van der Waals surface area contributed by atoms with Gasteiger partial charge in [0.1, 0.15) is 6.04 Å². The fourth-order valence-electron chi connectivity index (χ4n) is 1.37. The van der Waals surface area contributed by atoms with Crippen molar-refractivity contribution in [3.8, 4) is 0 Å². The number of carbonyl (C=O) groups excluding carboxylic acids is 1. The molecule has 17 heavy (non-hydrogen) atoms. The van der Waals surface area contributed by atoms with Crippen LogP contribution in [-0.4, -0.2) is 71.1 Å². The third-order valence-electron chi connectivity index (χ3n) is 2.48. The van der Waals surface area contributed by atoms with E-state index in [2.05, 4.69) is 9.64 Å². The second-order valence-electron chi connectivity index (χ2n) is 3.75. The van der Waals surface area contributed by atoms with Gasteiger partial charge in [0.25, 0.3) is 0 Å². The molecule has 0 aliphatic carbocycles. The normalized spacial score (nSPS) is 12.8. The number of esters is 1. The van der Waals surface area contributed by atoms with E-state index in [0.29, 0.717) is 19.6 Å². The minimum absolute atomic E-state index is 0.372. The van der Waals surface area contributed by atoms with Gasteiger partial charge in [0.2, 0.25) is 0 Å². The Morgan fingerprint density at radius 2 is 1.65 bits per heavy atom. The fraction of sp³-hybridized carbons (Fsp3) is 0.909. The van der Waals surface area contributed by atoms with Crippen LogP contribution in [0.5, 0.6) is 0 Å². The average molecular weight is 248 g/mol. The third-order valence-corrected chi connectivity index (χ3v) is 2.48. The molecular formula is C11H24N2O4. The lowest BCUT2D eigenvalue weighted by molar-refractivity contribution is -0.142. The van der Waals surface area contributed by atoms with E-state index in [9.17, 15) is 4.79 Å². The lowest BCUT2D eigenvalue weighted by atomic mass is 10.2. The summed E-state index contributed by atoms with van der Waals surface area (Å²) in [5.74, 6) is -0.372. The molecule has 2 N–H and O–H groups in total. The molecule has 0 amide bonds. The molecule has 1 unspecified atom stereocenters. The van der Waals surface area contributed by atoms with Crippen LogP contribution in [0.3, 0.4) is 0 Å². The lowest BCUT2D eigenvalue weighted by Crippen LogP contribution is -2.38. The summed E-state index contributed by atoms with van der Waals surface area (Å²) in [5, 5.41) is 0. The number of carbonyl (C=O) groups is 1. The van der Waals surface area contributed by atoms with Crippen molar-refractivity contribution >= 4 is 5.97 Å². The van der Waals surface area contributed by atoms with Crippen molar-refractivity contribution in [1.29, 1.82) is 0 Å². The van der Waals surface area contributed by atoms with Crippen molar-refractivity contribution in [3.05, 3.63) is 0 Å². The maximum atomic E-state index is 11.1. The van der Waals surface area contributed by atoms with Gasteiger partial charge in [-0.25, -0.2) is 0 Å². The van der Waals surface area contributed by atoms with Crippen molar-refractivity contribution in [2.24, 2.45) is 5.73 Å². The van der Waals surface area contributed by atoms with Crippen LogP contribution in [0.25, 0.3) is 0 Å². The van der Waals surface area contributed by atoms with Crippen molar-refractivity contribution in [1.82, 2.24) is 4.90 Å². The van der Waals surface area contributed by atoms with Crippen molar-refractivity contribution in [2.75, 3.05) is 54.2 Å². The molecular weight excluding hydrogens is 224 g/mol. The zero-order chi connectivity index (χ0) is 13.1. The molecule has 0 saturated heterocycles. The minimum atomic E-state index is -0.562. The highest BCUT2D eigenvalue weighted by Crippen LogP contribution is 1.97. The molecule has 0 aromatic heterocycles. The number of hydrogen-bond acceptors (Lipinski definition) is 6. The summed E-state index contributed by atoms with van der Waals surface area (Å²) in [4.78, 5) is 13.3. The molecule has 6 nitrogen and oxygen atoms in total. The zero-order valence-corrected chi connectivity index (χ0v) is 11.0. The predicted molar refractivity (Wildman–Crippen MR) is 64.8 cm³/mol. The van der Waals surface area contributed by atoms with Gasteiger partial charge < -0.3 is 19.9 Å². The van der Waals surface area contributed by atoms with Gasteiger partial charge in [-0.3, -0.25) is 9.69 Å². The van der Waals surface area contributed by atoms with E-state index in [4.69, 9.17) is 15.2 Å². The number of nitrogens with zero attached hydrogens (tertiary/aromatic N) is 1. The molecule has 0 saturated carbocycles. The Morgan fingerprint density at radius 1 is 1.12 bits per heavy atom. The molecule has 0 heterocycles. The lowest BCUT2D eigenvalue weighted by Gasteiger charge is -2.22. The van der Waals surface area contributed by atoms with Gasteiger partial charge in [0, 0.05) is 33.9 Å². The summed E-state index contributed by atoms with van der Waals surface area (Å²) in [6.45, 7) is 3.62. The number of methoxy groups -OCH3 is 3. The third kappa shape index (κ3) is 8.09. The van der Waals surface area contributed by atoms with Crippen LogP contribution in [0.2, 0.25) is 0 Å². The Hall–Kier alpha value is -0.690. The van der Waals surface area contributed by atoms with Crippen LogP contribution >= 0.6 is 0 Å². The van der Waals surface area contributed by atoms with E-state index in [0.717, 1.165) is 19.6 Å². The van der Waals surface area contributed by atoms with Gasteiger partial charge in [-0.15, -0.1) is 0 Å². The molecule has 0 bridgehead atoms. The largest absolute Gasteiger partial charge is 0.468 e. The first-order chi connectivity index (χ1) is 8.15. The Bertz CT molecular complexity index is 194. The minimum Gasteiger partial charge on any atom is -0.468 e. The van der Waals surface area contributed by atoms with Gasteiger partial charge >= 0.3 is 5.97 Å². The SMILES string of the molecule is COCCN(CCOC)CCC(N)C(=O)OC. The van der Waals surface area contributed by atoms with Crippen LogP contribution in [0.4, 0.5) is 0 Å². The molecule has 6 heteroatoms. The molecule has 1 atom stereocenters. The highest BCUT2D eigenvalue weighted by atomic mass is 16.5. The number of hydrogen-bond donors (Lipinski definition) is 1. The highest BCUT2D eigenvalue weighted by Gasteiger charge is 2.15. The van der Waals surface area contributed by atoms with Crippen LogP contribution in [0.1, 0.15) is 6.42 Å². The van der Waals surface area contributed by atoms with Crippen LogP contribution < -0.4 is 5.73 Å². The summed E-state index contributed by atoms with van der Waals surface area (Å²) in [7, 11) is 4.67.